The Morgan fingerprint density at radius 1 is 1.27 bits per heavy atom. The lowest BCUT2D eigenvalue weighted by Crippen LogP contribution is -2.03. The molecule has 0 N–H and O–H groups in total. The lowest BCUT2D eigenvalue weighted by molar-refractivity contribution is 1.21. The number of hydrogen-bond acceptors (Lipinski definition) is 2. The van der Waals surface area contributed by atoms with Gasteiger partial charge in [-0.2, -0.15) is 0 Å². The van der Waals surface area contributed by atoms with Crippen molar-refractivity contribution in [2.24, 2.45) is 0 Å². The Kier molecular flexibility index (Phi) is 1.84. The van der Waals surface area contributed by atoms with Crippen molar-refractivity contribution in [3.63, 3.8) is 0 Å². The Labute approximate surface area is 91.0 Å². The molecule has 0 saturated heterocycles. The predicted octanol–water partition coefficient (Wildman–Crippen LogP) is 1.47. The Hall–Kier alpha value is -1.63. The van der Waals surface area contributed by atoms with Crippen molar-refractivity contribution in [3.8, 4) is 0 Å². The van der Waals surface area contributed by atoms with Gasteiger partial charge in [-0.05, 0) is 25.1 Å². The fraction of sp³-hybridized carbons (Fsp3) is 0.0769. The van der Waals surface area contributed by atoms with Gasteiger partial charge in [0, 0.05) is 10.4 Å². The fourth-order valence-electron chi connectivity index (χ4n) is 1.77. The maximum Gasteiger partial charge on any atom is 0.0908 e. The van der Waals surface area contributed by atoms with Crippen LogP contribution < -0.4 is 9.75 Å². The van der Waals surface area contributed by atoms with E-state index in [2.05, 4.69) is 28.9 Å². The van der Waals surface area contributed by atoms with Gasteiger partial charge in [-0.1, -0.05) is 18.2 Å². The first-order valence-corrected chi connectivity index (χ1v) is 5.66. The molecule has 0 radical (unpaired) electrons. The highest BCUT2D eigenvalue weighted by Gasteiger charge is 1.97. The minimum Gasteiger partial charge on any atom is -0.241 e. The van der Waals surface area contributed by atoms with Crippen molar-refractivity contribution in [2.75, 3.05) is 0 Å². The van der Waals surface area contributed by atoms with E-state index < -0.39 is 0 Å². The van der Waals surface area contributed by atoms with Gasteiger partial charge in [-0.3, -0.25) is 0 Å². The van der Waals surface area contributed by atoms with Crippen molar-refractivity contribution < 1.29 is 0 Å². The molecule has 0 fully saturated rings. The summed E-state index contributed by atoms with van der Waals surface area (Å²) in [6.45, 7) is 2.04. The number of nitrogens with zero attached hydrogens (tertiary/aromatic N) is 1. The van der Waals surface area contributed by atoms with Crippen molar-refractivity contribution >= 4 is 23.1 Å². The average molecular weight is 211 g/mol. The molecular weight excluding hydrogens is 202 g/mol. The van der Waals surface area contributed by atoms with E-state index in [-0.39, 0.29) is 0 Å². The van der Waals surface area contributed by atoms with Gasteiger partial charge in [0.15, 0.2) is 0 Å². The highest BCUT2D eigenvalue weighted by Crippen LogP contribution is 1.99. The lowest BCUT2D eigenvalue weighted by Gasteiger charge is -1.84. The van der Waals surface area contributed by atoms with Gasteiger partial charge in [0.05, 0.1) is 14.9 Å². The second-order valence-corrected chi connectivity index (χ2v) is 4.70. The number of thiazole rings is 1. The average Bonchev–Trinajstić information content (AvgIpc) is 2.52. The zero-order valence-electron chi connectivity index (χ0n) is 8.32. The van der Waals surface area contributed by atoms with E-state index in [0.29, 0.717) is 0 Å². The van der Waals surface area contributed by atoms with Crippen molar-refractivity contribution in [1.29, 1.82) is 0 Å². The SMILES string of the molecule is Cc1nc2c(s1)=CC=C=c1ccccc1=2. The first kappa shape index (κ1) is 8.66. The summed E-state index contributed by atoms with van der Waals surface area (Å²) in [4.78, 5) is 4.58. The van der Waals surface area contributed by atoms with E-state index in [4.69, 9.17) is 0 Å². The summed E-state index contributed by atoms with van der Waals surface area (Å²) < 4.78 is 1.23. The first-order chi connectivity index (χ1) is 7.34. The van der Waals surface area contributed by atoms with Gasteiger partial charge in [-0.15, -0.1) is 17.1 Å². The highest BCUT2D eigenvalue weighted by atomic mass is 32.1. The minimum atomic E-state index is 1.09. The number of hydrogen-bond donors (Lipinski definition) is 0. The van der Waals surface area contributed by atoms with Gasteiger partial charge in [0.2, 0.25) is 0 Å². The van der Waals surface area contributed by atoms with E-state index in [1.807, 2.05) is 25.1 Å². The van der Waals surface area contributed by atoms with E-state index in [1.54, 1.807) is 11.3 Å². The lowest BCUT2D eigenvalue weighted by atomic mass is 10.2. The van der Waals surface area contributed by atoms with Gasteiger partial charge >= 0.3 is 0 Å². The van der Waals surface area contributed by atoms with Crippen LogP contribution in [0.2, 0.25) is 0 Å². The summed E-state index contributed by atoms with van der Waals surface area (Å²) in [5.41, 5.74) is 3.26. The molecule has 72 valence electrons. The molecule has 15 heavy (non-hydrogen) atoms. The van der Waals surface area contributed by atoms with Crippen LogP contribution in [-0.4, -0.2) is 4.98 Å². The van der Waals surface area contributed by atoms with Gasteiger partial charge in [-0.25, -0.2) is 4.98 Å². The number of fused-ring (bicyclic) bond motifs is 2. The summed E-state index contributed by atoms with van der Waals surface area (Å²) in [6.07, 6.45) is 4.06. The molecule has 1 heterocycles. The molecular formula is C13H9NS. The van der Waals surface area contributed by atoms with Gasteiger partial charge in [0.1, 0.15) is 0 Å². The zero-order chi connectivity index (χ0) is 10.3. The van der Waals surface area contributed by atoms with Gasteiger partial charge < -0.3 is 0 Å². The van der Waals surface area contributed by atoms with Gasteiger partial charge in [0.25, 0.3) is 0 Å². The quantitative estimate of drug-likeness (QED) is 0.643. The van der Waals surface area contributed by atoms with Crippen molar-refractivity contribution in [1.82, 2.24) is 4.98 Å². The Balaban J connectivity index is 2.79. The minimum absolute atomic E-state index is 1.09. The molecule has 0 aliphatic heterocycles. The topological polar surface area (TPSA) is 12.9 Å². The molecule has 1 aromatic heterocycles. The summed E-state index contributed by atoms with van der Waals surface area (Å²) in [7, 11) is 0. The van der Waals surface area contributed by atoms with Crippen LogP contribution in [-0.2, 0) is 0 Å². The molecule has 1 nitrogen and oxygen atoms in total. The molecule has 1 aliphatic carbocycles. The van der Waals surface area contributed by atoms with E-state index in [1.165, 1.54) is 9.75 Å². The third-order valence-electron chi connectivity index (χ3n) is 2.42. The number of rotatable bonds is 0. The Morgan fingerprint density at radius 2 is 2.13 bits per heavy atom. The standard InChI is InChI=1S/C13H9NS/c1-9-14-13-11-7-3-2-5-10(11)6-4-8-12(13)15-9/h2-5,7-8H,1H3. The maximum atomic E-state index is 4.58. The maximum absolute atomic E-state index is 4.58. The van der Waals surface area contributed by atoms with Crippen LogP contribution >= 0.6 is 11.3 Å². The molecule has 0 spiro atoms. The van der Waals surface area contributed by atoms with Crippen LogP contribution in [0.15, 0.2) is 30.3 Å². The number of aryl methyl sites for hydroxylation is 1. The normalized spacial score (nSPS) is 12.1. The predicted molar refractivity (Wildman–Crippen MR) is 62.7 cm³/mol. The van der Waals surface area contributed by atoms with Crippen LogP contribution in [0.1, 0.15) is 5.01 Å². The molecule has 0 atom stereocenters. The third kappa shape index (κ3) is 1.35. The van der Waals surface area contributed by atoms with Crippen LogP contribution in [0.25, 0.3) is 11.8 Å². The smallest absolute Gasteiger partial charge is 0.0908 e. The van der Waals surface area contributed by atoms with Crippen molar-refractivity contribution in [3.05, 3.63) is 55.7 Å². The molecule has 0 unspecified atom stereocenters. The van der Waals surface area contributed by atoms with E-state index in [0.717, 1.165) is 15.6 Å². The molecule has 0 amide bonds. The summed E-state index contributed by atoms with van der Waals surface area (Å²) >= 11 is 1.73. The number of allylic oxidation sites excluding steroid dienone is 1. The van der Waals surface area contributed by atoms with Crippen LogP contribution in [0.5, 0.6) is 0 Å². The van der Waals surface area contributed by atoms with E-state index in [9.17, 15) is 0 Å². The molecule has 1 aromatic carbocycles. The van der Waals surface area contributed by atoms with Crippen molar-refractivity contribution in [2.45, 2.75) is 6.92 Å². The van der Waals surface area contributed by atoms with Crippen LogP contribution in [0.4, 0.5) is 0 Å². The summed E-state index contributed by atoms with van der Waals surface area (Å²) in [5.74, 6) is 0. The summed E-state index contributed by atoms with van der Waals surface area (Å²) in [6, 6.07) is 8.25. The van der Waals surface area contributed by atoms with Crippen LogP contribution in [0, 0.1) is 17.5 Å². The third-order valence-corrected chi connectivity index (χ3v) is 3.35. The second-order valence-electron chi connectivity index (χ2n) is 3.47. The molecule has 2 aromatic rings. The Morgan fingerprint density at radius 3 is 3.07 bits per heavy atom. The largest absolute Gasteiger partial charge is 0.241 e. The molecule has 3 rings (SSSR count). The monoisotopic (exact) mass is 211 g/mol. The molecule has 2 heteroatoms. The summed E-state index contributed by atoms with van der Waals surface area (Å²) in [5, 5.41) is 4.51. The highest BCUT2D eigenvalue weighted by molar-refractivity contribution is 7.09. The van der Waals surface area contributed by atoms with Crippen LogP contribution in [0.3, 0.4) is 0 Å². The zero-order valence-corrected chi connectivity index (χ0v) is 9.14. The van der Waals surface area contributed by atoms with E-state index >= 15 is 0 Å². The molecule has 0 bridgehead atoms. The molecule has 0 saturated carbocycles. The second kappa shape index (κ2) is 3.20. The molecule has 1 aliphatic rings. The number of aromatic nitrogens is 1. The number of benzene rings is 1. The fourth-order valence-corrected chi connectivity index (χ4v) is 2.61. The Bertz CT molecular complexity index is 762. The first-order valence-electron chi connectivity index (χ1n) is 4.84.